The summed E-state index contributed by atoms with van der Waals surface area (Å²) in [5, 5.41) is 44.6. The third-order valence-electron chi connectivity index (χ3n) is 9.10. The van der Waals surface area contributed by atoms with Gasteiger partial charge < -0.3 is 26.2 Å². The lowest BCUT2D eigenvalue weighted by atomic mass is 9.58. The number of hydrogen-bond acceptors (Lipinski definition) is 9. The second kappa shape index (κ2) is 9.42. The summed E-state index contributed by atoms with van der Waals surface area (Å²) in [6, 6.07) is 0.430. The molecule has 210 valence electrons. The number of aromatic hydroxyl groups is 1. The molecule has 5 rings (SSSR count). The SMILES string of the molecule is CN(Cc1cc(O)c2c(c1F)C[C@H]1C[C@H]3[C@H](N(C)C)C(O)=C(C(N)=O)C(=O)[C@@]3(O)C(O)=C1C2=O)C1CCCC1. The standard InChI is InChI=1S/C28H34FN3O7/c1-31(2)22-16-9-12-8-15-19(17(33)10-13(21(15)29)11-32(3)14-6-4-5-7-14)23(34)18(12)25(36)28(16,39)26(37)20(24(22)35)27(30)38/h10,12,14,16,22,33,35-36,39H,4-9,11H2,1-3H3,(H2,30,38)/t12-,16-,22-,28-/m0/s1. The van der Waals surface area contributed by atoms with Crippen LogP contribution in [0.2, 0.25) is 0 Å². The number of benzene rings is 1. The first-order chi connectivity index (χ1) is 18.3. The maximum absolute atomic E-state index is 15.9. The summed E-state index contributed by atoms with van der Waals surface area (Å²) in [6.45, 7) is 0.248. The van der Waals surface area contributed by atoms with Gasteiger partial charge in [0.25, 0.3) is 5.91 Å². The fourth-order valence-electron chi connectivity index (χ4n) is 7.21. The molecule has 4 aliphatic carbocycles. The van der Waals surface area contributed by atoms with Crippen LogP contribution in [-0.2, 0) is 22.6 Å². The normalized spacial score (nSPS) is 29.3. The van der Waals surface area contributed by atoms with Crippen molar-refractivity contribution in [3.8, 4) is 5.75 Å². The molecule has 1 fully saturated rings. The Morgan fingerprint density at radius 3 is 2.38 bits per heavy atom. The molecule has 4 atom stereocenters. The molecular formula is C28H34FN3O7. The van der Waals surface area contributed by atoms with E-state index in [1.54, 1.807) is 14.1 Å². The lowest BCUT2D eigenvalue weighted by Crippen LogP contribution is -2.63. The van der Waals surface area contributed by atoms with Crippen molar-refractivity contribution in [3.63, 3.8) is 0 Å². The van der Waals surface area contributed by atoms with Gasteiger partial charge >= 0.3 is 0 Å². The highest BCUT2D eigenvalue weighted by Crippen LogP contribution is 2.52. The molecule has 0 aliphatic heterocycles. The second-order valence-electron chi connectivity index (χ2n) is 11.5. The molecule has 1 saturated carbocycles. The van der Waals surface area contributed by atoms with Crippen LogP contribution in [0.25, 0.3) is 0 Å². The van der Waals surface area contributed by atoms with Crippen LogP contribution in [-0.4, -0.2) is 86.5 Å². The van der Waals surface area contributed by atoms with E-state index in [9.17, 15) is 34.8 Å². The van der Waals surface area contributed by atoms with E-state index in [4.69, 9.17) is 5.73 Å². The van der Waals surface area contributed by atoms with Crippen LogP contribution in [0.1, 0.15) is 53.6 Å². The van der Waals surface area contributed by atoms with Crippen molar-refractivity contribution in [3.05, 3.63) is 51.2 Å². The third kappa shape index (κ3) is 3.89. The number of hydrogen-bond donors (Lipinski definition) is 5. The maximum Gasteiger partial charge on any atom is 0.255 e. The number of amides is 1. The van der Waals surface area contributed by atoms with E-state index in [2.05, 4.69) is 0 Å². The van der Waals surface area contributed by atoms with Crippen molar-refractivity contribution in [1.82, 2.24) is 9.80 Å². The Morgan fingerprint density at radius 2 is 1.79 bits per heavy atom. The predicted molar refractivity (Wildman–Crippen MR) is 137 cm³/mol. The number of ketones is 2. The Morgan fingerprint density at radius 1 is 1.15 bits per heavy atom. The Kier molecular flexibility index (Phi) is 6.60. The number of halogens is 1. The molecular weight excluding hydrogens is 509 g/mol. The number of nitrogens with zero attached hydrogens (tertiary/aromatic N) is 2. The molecule has 0 spiro atoms. The van der Waals surface area contributed by atoms with E-state index < -0.39 is 69.6 Å². The molecule has 39 heavy (non-hydrogen) atoms. The van der Waals surface area contributed by atoms with Crippen LogP contribution in [0.4, 0.5) is 4.39 Å². The van der Waals surface area contributed by atoms with Gasteiger partial charge in [-0.3, -0.25) is 24.2 Å². The zero-order valence-corrected chi connectivity index (χ0v) is 22.2. The predicted octanol–water partition coefficient (Wildman–Crippen LogP) is 1.63. The van der Waals surface area contributed by atoms with E-state index in [1.807, 2.05) is 11.9 Å². The van der Waals surface area contributed by atoms with Gasteiger partial charge in [-0.25, -0.2) is 4.39 Å². The van der Waals surface area contributed by atoms with Crippen LogP contribution in [0.5, 0.6) is 5.75 Å². The van der Waals surface area contributed by atoms with Gasteiger partial charge in [-0.15, -0.1) is 0 Å². The minimum atomic E-state index is -2.72. The van der Waals surface area contributed by atoms with Gasteiger partial charge in [-0.2, -0.15) is 0 Å². The molecule has 10 nitrogen and oxygen atoms in total. The van der Waals surface area contributed by atoms with Gasteiger partial charge in [0.05, 0.1) is 11.6 Å². The number of primary amides is 1. The molecule has 1 amide bonds. The number of carbonyl (C=O) groups excluding carboxylic acids is 3. The minimum absolute atomic E-state index is 0.0166. The quantitative estimate of drug-likeness (QED) is 0.347. The number of aliphatic hydroxyl groups is 3. The Bertz CT molecular complexity index is 1350. The number of nitrogens with two attached hydrogens (primary N) is 1. The van der Waals surface area contributed by atoms with Gasteiger partial charge in [-0.05, 0) is 58.8 Å². The highest BCUT2D eigenvalue weighted by molar-refractivity contribution is 6.24. The van der Waals surface area contributed by atoms with Gasteiger partial charge in [0.1, 0.15) is 28.7 Å². The molecule has 0 saturated heterocycles. The van der Waals surface area contributed by atoms with E-state index in [1.165, 1.54) is 11.0 Å². The fourth-order valence-corrected chi connectivity index (χ4v) is 7.21. The molecule has 0 radical (unpaired) electrons. The van der Waals surface area contributed by atoms with Crippen molar-refractivity contribution in [1.29, 1.82) is 0 Å². The first-order valence-electron chi connectivity index (χ1n) is 13.2. The highest BCUT2D eigenvalue weighted by atomic mass is 19.1. The van der Waals surface area contributed by atoms with Crippen molar-refractivity contribution < 1.29 is 39.2 Å². The first-order valence-corrected chi connectivity index (χ1v) is 13.2. The van der Waals surface area contributed by atoms with Gasteiger partial charge in [0, 0.05) is 35.2 Å². The van der Waals surface area contributed by atoms with Crippen LogP contribution in [0, 0.1) is 17.7 Å². The van der Waals surface area contributed by atoms with Crippen LogP contribution >= 0.6 is 0 Å². The molecule has 0 unspecified atom stereocenters. The molecule has 1 aromatic carbocycles. The summed E-state index contributed by atoms with van der Waals surface area (Å²) >= 11 is 0. The number of aliphatic hydroxyl groups excluding tert-OH is 2. The maximum atomic E-state index is 15.9. The number of carbonyl (C=O) groups is 3. The molecule has 1 aromatic rings. The van der Waals surface area contributed by atoms with Crippen LogP contribution < -0.4 is 5.73 Å². The zero-order chi connectivity index (χ0) is 28.5. The van der Waals surface area contributed by atoms with E-state index in [-0.39, 0.29) is 41.6 Å². The van der Waals surface area contributed by atoms with Crippen molar-refractivity contribution in [2.24, 2.45) is 17.6 Å². The summed E-state index contributed by atoms with van der Waals surface area (Å²) in [4.78, 5) is 42.5. The van der Waals surface area contributed by atoms with Gasteiger partial charge in [0.15, 0.2) is 11.4 Å². The van der Waals surface area contributed by atoms with Gasteiger partial charge in [0.2, 0.25) is 5.78 Å². The molecule has 0 bridgehead atoms. The summed E-state index contributed by atoms with van der Waals surface area (Å²) < 4.78 is 15.9. The average Bonchev–Trinajstić information content (AvgIpc) is 3.39. The molecule has 6 N–H and O–H groups in total. The number of allylic oxidation sites excluding steroid dienone is 1. The van der Waals surface area contributed by atoms with Crippen LogP contribution in [0.15, 0.2) is 28.7 Å². The van der Waals surface area contributed by atoms with E-state index >= 15 is 4.39 Å². The Balaban J connectivity index is 1.61. The van der Waals surface area contributed by atoms with Crippen molar-refractivity contribution in [2.45, 2.75) is 62.8 Å². The summed E-state index contributed by atoms with van der Waals surface area (Å²) in [5.41, 5.74) is 1.39. The summed E-state index contributed by atoms with van der Waals surface area (Å²) in [5.74, 6) is -8.13. The van der Waals surface area contributed by atoms with E-state index in [0.717, 1.165) is 25.7 Å². The smallest absolute Gasteiger partial charge is 0.255 e. The minimum Gasteiger partial charge on any atom is -0.510 e. The number of phenols is 1. The second-order valence-corrected chi connectivity index (χ2v) is 11.5. The van der Waals surface area contributed by atoms with Gasteiger partial charge in [-0.1, -0.05) is 12.8 Å². The number of rotatable bonds is 5. The van der Waals surface area contributed by atoms with Crippen molar-refractivity contribution in [2.75, 3.05) is 21.1 Å². The Labute approximate surface area is 225 Å². The fraction of sp³-hybridized carbons (Fsp3) is 0.536. The average molecular weight is 544 g/mol. The summed E-state index contributed by atoms with van der Waals surface area (Å²) in [6.07, 6.45) is 4.08. The molecule has 0 aromatic heterocycles. The van der Waals surface area contributed by atoms with Crippen molar-refractivity contribution >= 4 is 17.5 Å². The molecule has 4 aliphatic rings. The molecule has 11 heteroatoms. The highest BCUT2D eigenvalue weighted by Gasteiger charge is 2.63. The monoisotopic (exact) mass is 543 g/mol. The third-order valence-corrected chi connectivity index (χ3v) is 9.10. The lowest BCUT2D eigenvalue weighted by Gasteiger charge is -2.50. The van der Waals surface area contributed by atoms with Crippen LogP contribution in [0.3, 0.4) is 0 Å². The first kappa shape index (κ1) is 27.3. The largest absolute Gasteiger partial charge is 0.510 e. The number of Topliss-reactive ketones (excluding diaryl/α,β-unsaturated/α-hetero) is 2. The topological polar surface area (TPSA) is 165 Å². The van der Waals surface area contributed by atoms with E-state index in [0.29, 0.717) is 6.04 Å². The molecule has 0 heterocycles. The summed E-state index contributed by atoms with van der Waals surface area (Å²) in [7, 11) is 5.01. The number of phenolic OH excluding ortho intramolecular Hbond substituents is 1. The zero-order valence-electron chi connectivity index (χ0n) is 22.2. The number of fused-ring (bicyclic) bond motifs is 3. The Hall–Kier alpha value is -3.28. The number of likely N-dealkylation sites (N-methyl/N-ethyl adjacent to an activating group) is 1. The lowest BCUT2D eigenvalue weighted by molar-refractivity contribution is -0.148.